The molecule has 0 atom stereocenters. The van der Waals surface area contributed by atoms with Crippen molar-refractivity contribution in [2.45, 2.75) is 13.0 Å². The number of hydrogen-bond donors (Lipinski definition) is 1. The topological polar surface area (TPSA) is 129 Å². The first-order chi connectivity index (χ1) is 15.8. The van der Waals surface area contributed by atoms with Crippen molar-refractivity contribution in [1.29, 1.82) is 5.26 Å². The van der Waals surface area contributed by atoms with Gasteiger partial charge in [0, 0.05) is 17.6 Å². The Kier molecular flexibility index (Phi) is 7.15. The summed E-state index contributed by atoms with van der Waals surface area (Å²) in [7, 11) is 2.82. The van der Waals surface area contributed by atoms with E-state index in [2.05, 4.69) is 4.98 Å². The van der Waals surface area contributed by atoms with E-state index >= 15 is 0 Å². The molecule has 0 spiro atoms. The number of aromatic nitrogens is 2. The number of hydrogen-bond acceptors (Lipinski definition) is 7. The Bertz CT molecular complexity index is 1300. The van der Waals surface area contributed by atoms with Crippen LogP contribution in [0.3, 0.4) is 0 Å². The van der Waals surface area contributed by atoms with E-state index in [1.165, 1.54) is 7.11 Å². The number of aryl methyl sites for hydroxylation is 1. The summed E-state index contributed by atoms with van der Waals surface area (Å²) in [5.41, 5.74) is 4.44. The lowest BCUT2D eigenvalue weighted by Crippen LogP contribution is -2.29. The van der Waals surface area contributed by atoms with E-state index in [1.54, 1.807) is 25.3 Å². The molecule has 0 aliphatic rings. The molecule has 3 rings (SSSR count). The highest BCUT2D eigenvalue weighted by Crippen LogP contribution is 2.30. The lowest BCUT2D eigenvalue weighted by atomic mass is 10.1. The van der Waals surface area contributed by atoms with Crippen molar-refractivity contribution in [3.63, 3.8) is 0 Å². The number of primary amides is 1. The van der Waals surface area contributed by atoms with Gasteiger partial charge in [0.2, 0.25) is 5.75 Å². The molecular weight excluding hydrogens is 455 g/mol. The van der Waals surface area contributed by atoms with Crippen LogP contribution in [0.4, 0.5) is 4.39 Å². The maximum atomic E-state index is 14.6. The lowest BCUT2D eigenvalue weighted by Gasteiger charge is -2.15. The molecule has 0 saturated carbocycles. The minimum atomic E-state index is -1.09. The zero-order valence-electron chi connectivity index (χ0n) is 17.6. The minimum absolute atomic E-state index is 0.00937. The smallest absolute Gasteiger partial charge is 0.300 e. The molecule has 11 heteroatoms. The van der Waals surface area contributed by atoms with Crippen LogP contribution in [0.2, 0.25) is 5.02 Å². The van der Waals surface area contributed by atoms with Gasteiger partial charge in [-0.15, -0.1) is 0 Å². The predicted octanol–water partition coefficient (Wildman–Crippen LogP) is 3.06. The highest BCUT2D eigenvalue weighted by molar-refractivity contribution is 6.30. The number of nitriles is 1. The molecule has 33 heavy (non-hydrogen) atoms. The zero-order chi connectivity index (χ0) is 24.1. The van der Waals surface area contributed by atoms with Crippen LogP contribution in [0.15, 0.2) is 41.2 Å². The van der Waals surface area contributed by atoms with Gasteiger partial charge in [0.05, 0.1) is 19.8 Å². The van der Waals surface area contributed by atoms with Gasteiger partial charge >= 0.3 is 0 Å². The fourth-order valence-electron chi connectivity index (χ4n) is 2.99. The standard InChI is InChI=1S/C22H18ClFN4O5/c1-31-15-5-3-12(4-6-15)7-8-28-21(30)19(18(20(26)29)27-22(28)32-2)33-16-10-14(23)9-13(11-25)17(16)24/h3-6,9-10H,7-8H2,1-2H3,(H2,26,29). The van der Waals surface area contributed by atoms with E-state index in [9.17, 15) is 14.0 Å². The first kappa shape index (κ1) is 23.6. The van der Waals surface area contributed by atoms with Gasteiger partial charge in [0.15, 0.2) is 17.3 Å². The highest BCUT2D eigenvalue weighted by Gasteiger charge is 2.24. The van der Waals surface area contributed by atoms with Gasteiger partial charge in [-0.3, -0.25) is 14.2 Å². The molecule has 1 aromatic heterocycles. The number of amides is 1. The van der Waals surface area contributed by atoms with Crippen molar-refractivity contribution in [2.75, 3.05) is 14.2 Å². The number of rotatable bonds is 8. The largest absolute Gasteiger partial charge is 0.497 e. The van der Waals surface area contributed by atoms with E-state index in [-0.39, 0.29) is 17.6 Å². The second-order valence-corrected chi connectivity index (χ2v) is 7.11. The summed E-state index contributed by atoms with van der Waals surface area (Å²) in [6.45, 7) is 0.0954. The Balaban J connectivity index is 2.06. The van der Waals surface area contributed by atoms with E-state index in [0.29, 0.717) is 12.2 Å². The Labute approximate surface area is 192 Å². The number of methoxy groups -OCH3 is 2. The number of carbonyl (C=O) groups is 1. The molecule has 0 fully saturated rings. The summed E-state index contributed by atoms with van der Waals surface area (Å²) in [6.07, 6.45) is 0.390. The van der Waals surface area contributed by atoms with E-state index in [1.807, 2.05) is 12.1 Å². The Morgan fingerprint density at radius 3 is 2.52 bits per heavy atom. The van der Waals surface area contributed by atoms with Crippen molar-refractivity contribution in [1.82, 2.24) is 9.55 Å². The quantitative estimate of drug-likeness (QED) is 0.533. The number of carbonyl (C=O) groups excluding carboxylic acids is 1. The van der Waals surface area contributed by atoms with Gasteiger partial charge in [0.1, 0.15) is 11.8 Å². The average Bonchev–Trinajstić information content (AvgIpc) is 2.81. The number of ether oxygens (including phenoxy) is 3. The zero-order valence-corrected chi connectivity index (χ0v) is 18.4. The summed E-state index contributed by atoms with van der Waals surface area (Å²) in [4.78, 5) is 29.2. The Hall–Kier alpha value is -4.10. The van der Waals surface area contributed by atoms with Crippen molar-refractivity contribution in [2.24, 2.45) is 5.73 Å². The van der Waals surface area contributed by atoms with Gasteiger partial charge in [0.25, 0.3) is 17.5 Å². The highest BCUT2D eigenvalue weighted by atomic mass is 35.5. The summed E-state index contributed by atoms with van der Waals surface area (Å²) in [6, 6.07) is 10.8. The maximum Gasteiger partial charge on any atom is 0.300 e. The maximum absolute atomic E-state index is 14.6. The monoisotopic (exact) mass is 472 g/mol. The Morgan fingerprint density at radius 1 is 1.24 bits per heavy atom. The van der Waals surface area contributed by atoms with Gasteiger partial charge in [-0.2, -0.15) is 10.2 Å². The first-order valence-corrected chi connectivity index (χ1v) is 9.85. The average molecular weight is 473 g/mol. The van der Waals surface area contributed by atoms with E-state index in [4.69, 9.17) is 36.8 Å². The molecule has 1 amide bonds. The molecule has 0 bridgehead atoms. The molecule has 2 N–H and O–H groups in total. The normalized spacial score (nSPS) is 10.4. The van der Waals surface area contributed by atoms with Gasteiger partial charge in [-0.1, -0.05) is 23.7 Å². The molecule has 0 radical (unpaired) electrons. The fraction of sp³-hybridized carbons (Fsp3) is 0.182. The van der Waals surface area contributed by atoms with Crippen LogP contribution in [0.1, 0.15) is 21.6 Å². The van der Waals surface area contributed by atoms with Crippen LogP contribution in [-0.4, -0.2) is 29.7 Å². The molecule has 1 heterocycles. The predicted molar refractivity (Wildman–Crippen MR) is 116 cm³/mol. The van der Waals surface area contributed by atoms with Gasteiger partial charge in [-0.05, 0) is 30.2 Å². The van der Waals surface area contributed by atoms with Crippen molar-refractivity contribution in [3.8, 4) is 29.3 Å². The summed E-state index contributed by atoms with van der Waals surface area (Å²) < 4.78 is 31.4. The molecule has 0 aliphatic heterocycles. The van der Waals surface area contributed by atoms with Crippen LogP contribution in [0.25, 0.3) is 0 Å². The van der Waals surface area contributed by atoms with Crippen LogP contribution >= 0.6 is 11.6 Å². The Morgan fingerprint density at radius 2 is 1.94 bits per heavy atom. The third-order valence-electron chi connectivity index (χ3n) is 4.63. The van der Waals surface area contributed by atoms with Crippen LogP contribution in [0, 0.1) is 17.1 Å². The van der Waals surface area contributed by atoms with Gasteiger partial charge in [-0.25, -0.2) is 4.39 Å². The van der Waals surface area contributed by atoms with E-state index in [0.717, 1.165) is 22.3 Å². The van der Waals surface area contributed by atoms with Crippen molar-refractivity contribution in [3.05, 3.63) is 74.4 Å². The summed E-state index contributed by atoms with van der Waals surface area (Å²) in [5.74, 6) is -2.63. The molecule has 0 saturated heterocycles. The molecule has 0 aliphatic carbocycles. The minimum Gasteiger partial charge on any atom is -0.497 e. The third-order valence-corrected chi connectivity index (χ3v) is 4.85. The first-order valence-electron chi connectivity index (χ1n) is 9.47. The molecule has 0 unspecified atom stereocenters. The number of benzene rings is 2. The molecule has 9 nitrogen and oxygen atoms in total. The van der Waals surface area contributed by atoms with Crippen LogP contribution in [0.5, 0.6) is 23.3 Å². The fourth-order valence-corrected chi connectivity index (χ4v) is 3.20. The molecular formula is C22H18ClFN4O5. The van der Waals surface area contributed by atoms with Crippen molar-refractivity contribution >= 4 is 17.5 Å². The summed E-state index contributed by atoms with van der Waals surface area (Å²) in [5, 5.41) is 9.06. The SMILES string of the molecule is COc1ccc(CCn2c(OC)nc(C(N)=O)c(Oc3cc(Cl)cc(C#N)c3F)c2=O)cc1. The van der Waals surface area contributed by atoms with Crippen molar-refractivity contribution < 1.29 is 23.4 Å². The van der Waals surface area contributed by atoms with Gasteiger partial charge < -0.3 is 19.9 Å². The second kappa shape index (κ2) is 10.0. The third kappa shape index (κ3) is 5.05. The summed E-state index contributed by atoms with van der Waals surface area (Å²) >= 11 is 5.91. The number of nitrogens with zero attached hydrogens (tertiary/aromatic N) is 3. The number of nitrogens with two attached hydrogens (primary N) is 1. The molecule has 170 valence electrons. The molecule has 2 aromatic carbocycles. The van der Waals surface area contributed by atoms with Crippen LogP contribution < -0.4 is 25.5 Å². The van der Waals surface area contributed by atoms with E-state index < -0.39 is 40.0 Å². The molecule has 3 aromatic rings. The number of halogens is 2. The second-order valence-electron chi connectivity index (χ2n) is 6.67. The lowest BCUT2D eigenvalue weighted by molar-refractivity contribution is 0.0990. The van der Waals surface area contributed by atoms with Crippen LogP contribution in [-0.2, 0) is 13.0 Å².